The Hall–Kier alpha value is -2.68. The van der Waals surface area contributed by atoms with Gasteiger partial charge in [0.25, 0.3) is 0 Å². The van der Waals surface area contributed by atoms with Gasteiger partial charge in [0, 0.05) is 29.8 Å². The molecule has 0 unspecified atom stereocenters. The van der Waals surface area contributed by atoms with Gasteiger partial charge in [0.15, 0.2) is 5.16 Å². The van der Waals surface area contributed by atoms with Gasteiger partial charge in [-0.2, -0.15) is 0 Å². The van der Waals surface area contributed by atoms with E-state index in [-0.39, 0.29) is 0 Å². The summed E-state index contributed by atoms with van der Waals surface area (Å²) in [6.07, 6.45) is 0. The van der Waals surface area contributed by atoms with Crippen molar-refractivity contribution in [1.29, 1.82) is 0 Å². The lowest BCUT2D eigenvalue weighted by atomic mass is 10.2. The summed E-state index contributed by atoms with van der Waals surface area (Å²) in [5.41, 5.74) is 4.51. The van der Waals surface area contributed by atoms with Gasteiger partial charge in [-0.05, 0) is 18.6 Å². The highest BCUT2D eigenvalue weighted by atomic mass is 32.2. The van der Waals surface area contributed by atoms with E-state index >= 15 is 0 Å². The van der Waals surface area contributed by atoms with Crippen molar-refractivity contribution in [3.05, 3.63) is 71.2 Å². The number of morpholine rings is 1. The molecule has 5 rings (SSSR count). The van der Waals surface area contributed by atoms with E-state index in [1.54, 1.807) is 23.1 Å². The van der Waals surface area contributed by atoms with Crippen LogP contribution in [0, 0.1) is 6.92 Å². The summed E-state index contributed by atoms with van der Waals surface area (Å²) in [4.78, 5) is 7.08. The van der Waals surface area contributed by atoms with Crippen LogP contribution in [0.2, 0.25) is 0 Å². The number of ether oxygens (including phenoxy) is 1. The van der Waals surface area contributed by atoms with Gasteiger partial charge < -0.3 is 9.64 Å². The van der Waals surface area contributed by atoms with Gasteiger partial charge in [0.1, 0.15) is 5.01 Å². The molecular weight excluding hydrogens is 426 g/mol. The van der Waals surface area contributed by atoms with E-state index < -0.39 is 0 Å². The number of rotatable bonds is 6. The van der Waals surface area contributed by atoms with Crippen LogP contribution in [0.5, 0.6) is 0 Å². The number of aromatic nitrogens is 4. The van der Waals surface area contributed by atoms with Crippen LogP contribution in [-0.4, -0.2) is 46.1 Å². The Labute approximate surface area is 189 Å². The average Bonchev–Trinajstić information content (AvgIpc) is 3.46. The van der Waals surface area contributed by atoms with Gasteiger partial charge in [0.05, 0.1) is 24.6 Å². The van der Waals surface area contributed by atoms with Crippen molar-refractivity contribution in [2.45, 2.75) is 17.8 Å². The molecule has 6 nitrogen and oxygen atoms in total. The monoisotopic (exact) mass is 449 g/mol. The Kier molecular flexibility index (Phi) is 6.01. The van der Waals surface area contributed by atoms with Crippen molar-refractivity contribution < 1.29 is 4.74 Å². The molecule has 0 amide bonds. The fourth-order valence-corrected chi connectivity index (χ4v) is 5.34. The van der Waals surface area contributed by atoms with Crippen LogP contribution in [0.3, 0.4) is 0 Å². The first-order chi connectivity index (χ1) is 15.3. The summed E-state index contributed by atoms with van der Waals surface area (Å²) in [5, 5.41) is 13.2. The van der Waals surface area contributed by atoms with Gasteiger partial charge in [-0.15, -0.1) is 21.5 Å². The number of para-hydroxylation sites is 1. The first-order valence-corrected chi connectivity index (χ1v) is 12.1. The molecule has 158 valence electrons. The molecule has 0 N–H and O–H groups in total. The number of nitrogens with zero attached hydrogens (tertiary/aromatic N) is 5. The summed E-state index contributed by atoms with van der Waals surface area (Å²) >= 11 is 3.35. The van der Waals surface area contributed by atoms with E-state index in [0.717, 1.165) is 51.9 Å². The number of thiazole rings is 1. The number of aryl methyl sites for hydroxylation is 1. The lowest BCUT2D eigenvalue weighted by Crippen LogP contribution is -2.38. The third kappa shape index (κ3) is 4.37. The van der Waals surface area contributed by atoms with Crippen molar-refractivity contribution in [2.24, 2.45) is 0 Å². The number of hydrogen-bond donors (Lipinski definition) is 0. The van der Waals surface area contributed by atoms with Crippen LogP contribution < -0.4 is 4.90 Å². The SMILES string of the molecule is Cc1ccccc1-n1c(SCc2csc(-c3ccccc3)n2)nnc1N1CCOCC1. The summed E-state index contributed by atoms with van der Waals surface area (Å²) < 4.78 is 7.71. The smallest absolute Gasteiger partial charge is 0.232 e. The third-order valence-electron chi connectivity index (χ3n) is 5.19. The minimum Gasteiger partial charge on any atom is -0.378 e. The molecular formula is C23H23N5OS2. The largest absolute Gasteiger partial charge is 0.378 e. The molecule has 4 aromatic rings. The lowest BCUT2D eigenvalue weighted by molar-refractivity contribution is 0.122. The Morgan fingerprint density at radius 1 is 1.00 bits per heavy atom. The fourth-order valence-electron chi connectivity index (χ4n) is 3.57. The fraction of sp³-hybridized carbons (Fsp3) is 0.261. The quantitative estimate of drug-likeness (QED) is 0.393. The Morgan fingerprint density at radius 3 is 2.58 bits per heavy atom. The van der Waals surface area contributed by atoms with Crippen LogP contribution in [0.1, 0.15) is 11.3 Å². The van der Waals surface area contributed by atoms with E-state index in [4.69, 9.17) is 9.72 Å². The molecule has 0 spiro atoms. The predicted molar refractivity (Wildman–Crippen MR) is 126 cm³/mol. The zero-order chi connectivity index (χ0) is 21.0. The molecule has 0 atom stereocenters. The molecule has 1 saturated heterocycles. The summed E-state index contributed by atoms with van der Waals surface area (Å²) in [6, 6.07) is 18.7. The second-order valence-electron chi connectivity index (χ2n) is 7.30. The summed E-state index contributed by atoms with van der Waals surface area (Å²) in [7, 11) is 0. The van der Waals surface area contributed by atoms with E-state index in [9.17, 15) is 0 Å². The maximum atomic E-state index is 5.53. The van der Waals surface area contributed by atoms with Crippen LogP contribution in [0.15, 0.2) is 65.1 Å². The summed E-state index contributed by atoms with van der Waals surface area (Å²) in [6.45, 7) is 5.19. The van der Waals surface area contributed by atoms with E-state index in [0.29, 0.717) is 13.2 Å². The second-order valence-corrected chi connectivity index (χ2v) is 9.10. The van der Waals surface area contributed by atoms with E-state index in [1.165, 1.54) is 5.56 Å². The van der Waals surface area contributed by atoms with Crippen molar-refractivity contribution in [3.8, 4) is 16.3 Å². The zero-order valence-electron chi connectivity index (χ0n) is 17.3. The molecule has 1 aliphatic heterocycles. The molecule has 0 aliphatic carbocycles. The maximum absolute atomic E-state index is 5.53. The molecule has 1 aliphatic rings. The third-order valence-corrected chi connectivity index (χ3v) is 7.09. The van der Waals surface area contributed by atoms with Crippen LogP contribution in [0.25, 0.3) is 16.3 Å². The van der Waals surface area contributed by atoms with Gasteiger partial charge in [-0.3, -0.25) is 4.57 Å². The van der Waals surface area contributed by atoms with Gasteiger partial charge in [-0.25, -0.2) is 4.98 Å². The normalized spacial score (nSPS) is 14.2. The molecule has 2 aromatic carbocycles. The van der Waals surface area contributed by atoms with E-state index in [1.807, 2.05) is 18.2 Å². The second kappa shape index (κ2) is 9.21. The van der Waals surface area contributed by atoms with Crippen LogP contribution in [0.4, 0.5) is 5.95 Å². The minimum atomic E-state index is 0.712. The average molecular weight is 450 g/mol. The molecule has 31 heavy (non-hydrogen) atoms. The molecule has 1 fully saturated rings. The number of hydrogen-bond acceptors (Lipinski definition) is 7. The van der Waals surface area contributed by atoms with Gasteiger partial charge >= 0.3 is 0 Å². The predicted octanol–water partition coefficient (Wildman–Crippen LogP) is 4.83. The van der Waals surface area contributed by atoms with Crippen LogP contribution in [-0.2, 0) is 10.5 Å². The first kappa shape index (κ1) is 20.2. The molecule has 3 heterocycles. The number of thioether (sulfide) groups is 1. The molecule has 0 saturated carbocycles. The van der Waals surface area contributed by atoms with Crippen molar-refractivity contribution in [2.75, 3.05) is 31.2 Å². The zero-order valence-corrected chi connectivity index (χ0v) is 18.9. The first-order valence-electron chi connectivity index (χ1n) is 10.3. The van der Waals surface area contributed by atoms with Gasteiger partial charge in [0.2, 0.25) is 5.95 Å². The number of anilines is 1. The lowest BCUT2D eigenvalue weighted by Gasteiger charge is -2.28. The van der Waals surface area contributed by atoms with Crippen molar-refractivity contribution >= 4 is 29.0 Å². The van der Waals surface area contributed by atoms with E-state index in [2.05, 4.69) is 68.4 Å². The highest BCUT2D eigenvalue weighted by molar-refractivity contribution is 7.98. The number of benzene rings is 2. The molecule has 0 radical (unpaired) electrons. The Bertz CT molecular complexity index is 1150. The maximum Gasteiger partial charge on any atom is 0.232 e. The van der Waals surface area contributed by atoms with Crippen LogP contribution >= 0.6 is 23.1 Å². The summed E-state index contributed by atoms with van der Waals surface area (Å²) in [5.74, 6) is 1.62. The Balaban J connectivity index is 1.42. The molecule has 8 heteroatoms. The van der Waals surface area contributed by atoms with Gasteiger partial charge in [-0.1, -0.05) is 60.3 Å². The topological polar surface area (TPSA) is 56.1 Å². The molecule has 0 bridgehead atoms. The highest BCUT2D eigenvalue weighted by Gasteiger charge is 2.22. The van der Waals surface area contributed by atoms with Crippen molar-refractivity contribution in [1.82, 2.24) is 19.7 Å². The molecule has 2 aromatic heterocycles. The Morgan fingerprint density at radius 2 is 1.77 bits per heavy atom. The highest BCUT2D eigenvalue weighted by Crippen LogP contribution is 2.32. The standard InChI is InChI=1S/C23H23N5OS2/c1-17-7-5-6-10-20(17)28-22(27-11-13-29-14-12-27)25-26-23(28)31-16-19-15-30-21(24-19)18-8-3-2-4-9-18/h2-10,15H,11-14,16H2,1H3. The minimum absolute atomic E-state index is 0.712. The van der Waals surface area contributed by atoms with Crippen molar-refractivity contribution in [3.63, 3.8) is 0 Å².